The van der Waals surface area contributed by atoms with Gasteiger partial charge in [-0.1, -0.05) is 54.4 Å². The van der Waals surface area contributed by atoms with Crippen LogP contribution < -0.4 is 4.74 Å². The summed E-state index contributed by atoms with van der Waals surface area (Å²) in [6, 6.07) is 12.5. The van der Waals surface area contributed by atoms with Crippen molar-refractivity contribution in [3.63, 3.8) is 0 Å². The zero-order valence-corrected chi connectivity index (χ0v) is 17.8. The van der Waals surface area contributed by atoms with Gasteiger partial charge >= 0.3 is 0 Å². The predicted molar refractivity (Wildman–Crippen MR) is 115 cm³/mol. The zero-order chi connectivity index (χ0) is 20.3. The van der Waals surface area contributed by atoms with Crippen LogP contribution in [0.1, 0.15) is 31.4 Å². The fourth-order valence-corrected chi connectivity index (χ4v) is 3.97. The zero-order valence-electron chi connectivity index (χ0n) is 15.4. The molecular weight excluding hydrogens is 417 g/mol. The molecule has 0 aromatic heterocycles. The average Bonchev–Trinajstić information content (AvgIpc) is 2.93. The van der Waals surface area contributed by atoms with Crippen molar-refractivity contribution in [2.75, 3.05) is 0 Å². The van der Waals surface area contributed by atoms with E-state index < -0.39 is 0 Å². The Labute approximate surface area is 178 Å². The van der Waals surface area contributed by atoms with Crippen LogP contribution in [-0.2, 0) is 11.3 Å². The van der Waals surface area contributed by atoms with Gasteiger partial charge in [-0.25, -0.2) is 0 Å². The standard InChI is InChI=1S/C21H19Cl2NO3S/c1-3-13(2)27-18-10-5-4-7-14(18)11-19-20(25)24(21(26)28-19)12-15-16(22)8-6-9-17(15)23/h4-11,13H,3,12H2,1-2H3/b19-11+/t13-/m1/s1. The SMILES string of the molecule is CC[C@@H](C)Oc1ccccc1/C=C1/SC(=O)N(Cc2c(Cl)cccc2Cl)C1=O. The van der Waals surface area contributed by atoms with E-state index in [0.29, 0.717) is 26.3 Å². The molecule has 0 spiro atoms. The summed E-state index contributed by atoms with van der Waals surface area (Å²) in [4.78, 5) is 26.8. The van der Waals surface area contributed by atoms with Crippen LogP contribution >= 0.6 is 35.0 Å². The van der Waals surface area contributed by atoms with Gasteiger partial charge in [0.05, 0.1) is 17.6 Å². The van der Waals surface area contributed by atoms with Crippen molar-refractivity contribution >= 4 is 52.2 Å². The molecule has 7 heteroatoms. The number of hydrogen-bond acceptors (Lipinski definition) is 4. The van der Waals surface area contributed by atoms with Crippen molar-refractivity contribution in [3.8, 4) is 5.75 Å². The first-order valence-corrected chi connectivity index (χ1v) is 10.4. The van der Waals surface area contributed by atoms with Crippen molar-refractivity contribution in [2.45, 2.75) is 32.9 Å². The number of benzene rings is 2. The fraction of sp³-hybridized carbons (Fsp3) is 0.238. The maximum absolute atomic E-state index is 12.8. The summed E-state index contributed by atoms with van der Waals surface area (Å²) in [5.74, 6) is 0.308. The minimum absolute atomic E-state index is 0.0333. The highest BCUT2D eigenvalue weighted by Crippen LogP contribution is 2.36. The second-order valence-corrected chi connectivity index (χ2v) is 8.15. The molecule has 0 saturated carbocycles. The van der Waals surface area contributed by atoms with Crippen molar-refractivity contribution in [3.05, 3.63) is 68.5 Å². The van der Waals surface area contributed by atoms with Crippen molar-refractivity contribution in [1.29, 1.82) is 0 Å². The molecule has 0 unspecified atom stereocenters. The van der Waals surface area contributed by atoms with Crippen LogP contribution in [0.5, 0.6) is 5.75 Å². The summed E-state index contributed by atoms with van der Waals surface area (Å²) in [5, 5.41) is 0.484. The van der Waals surface area contributed by atoms with E-state index in [0.717, 1.165) is 28.6 Å². The van der Waals surface area contributed by atoms with Crippen LogP contribution in [0.25, 0.3) is 6.08 Å². The maximum atomic E-state index is 12.8. The molecule has 4 nitrogen and oxygen atoms in total. The van der Waals surface area contributed by atoms with Crippen LogP contribution in [0, 0.1) is 0 Å². The third-order valence-corrected chi connectivity index (χ3v) is 5.98. The molecule has 1 aliphatic rings. The molecule has 2 amide bonds. The second-order valence-electron chi connectivity index (χ2n) is 6.34. The summed E-state index contributed by atoms with van der Waals surface area (Å²) in [6.45, 7) is 4.06. The van der Waals surface area contributed by atoms with Crippen molar-refractivity contribution in [1.82, 2.24) is 4.90 Å². The van der Waals surface area contributed by atoms with Gasteiger partial charge in [0.1, 0.15) is 5.75 Å². The quantitative estimate of drug-likeness (QED) is 0.491. The fourth-order valence-electron chi connectivity index (χ4n) is 2.63. The number of amides is 2. The van der Waals surface area contributed by atoms with Gasteiger partial charge in [0, 0.05) is 21.2 Å². The summed E-state index contributed by atoms with van der Waals surface area (Å²) in [5.41, 5.74) is 1.30. The van der Waals surface area contributed by atoms with Gasteiger partial charge in [0.25, 0.3) is 11.1 Å². The molecule has 1 atom stereocenters. The normalized spacial score (nSPS) is 16.7. The van der Waals surface area contributed by atoms with Gasteiger partial charge in [-0.2, -0.15) is 0 Å². The summed E-state index contributed by atoms with van der Waals surface area (Å²) in [6.07, 6.45) is 2.60. The summed E-state index contributed by atoms with van der Waals surface area (Å²) >= 11 is 13.3. The lowest BCUT2D eigenvalue weighted by molar-refractivity contribution is -0.123. The van der Waals surface area contributed by atoms with E-state index in [9.17, 15) is 9.59 Å². The maximum Gasteiger partial charge on any atom is 0.293 e. The number of imide groups is 1. The molecule has 28 heavy (non-hydrogen) atoms. The molecule has 3 rings (SSSR count). The Morgan fingerprint density at radius 3 is 2.46 bits per heavy atom. The lowest BCUT2D eigenvalue weighted by atomic mass is 10.1. The Bertz CT molecular complexity index is 925. The Balaban J connectivity index is 1.86. The Morgan fingerprint density at radius 2 is 1.79 bits per heavy atom. The number of carbonyl (C=O) groups is 2. The first-order chi connectivity index (χ1) is 13.4. The third-order valence-electron chi connectivity index (χ3n) is 4.36. The Kier molecular flexibility index (Phi) is 6.70. The highest BCUT2D eigenvalue weighted by molar-refractivity contribution is 8.18. The molecule has 146 valence electrons. The highest BCUT2D eigenvalue weighted by atomic mass is 35.5. The van der Waals surface area contributed by atoms with Crippen LogP contribution in [0.2, 0.25) is 10.0 Å². The van der Waals surface area contributed by atoms with Gasteiger partial charge in [-0.15, -0.1) is 0 Å². The van der Waals surface area contributed by atoms with Gasteiger partial charge in [-0.05, 0) is 49.4 Å². The van der Waals surface area contributed by atoms with Crippen LogP contribution in [0.15, 0.2) is 47.4 Å². The Hall–Kier alpha value is -1.95. The van der Waals surface area contributed by atoms with E-state index in [-0.39, 0.29) is 23.8 Å². The average molecular weight is 436 g/mol. The minimum Gasteiger partial charge on any atom is -0.490 e. The van der Waals surface area contributed by atoms with E-state index in [1.807, 2.05) is 38.1 Å². The van der Waals surface area contributed by atoms with E-state index in [1.165, 1.54) is 0 Å². The number of halogens is 2. The number of nitrogens with zero attached hydrogens (tertiary/aromatic N) is 1. The van der Waals surface area contributed by atoms with E-state index in [4.69, 9.17) is 27.9 Å². The summed E-state index contributed by atoms with van der Waals surface area (Å²) < 4.78 is 5.92. The number of carbonyl (C=O) groups excluding carboxylic acids is 2. The van der Waals surface area contributed by atoms with E-state index >= 15 is 0 Å². The third kappa shape index (κ3) is 4.54. The van der Waals surface area contributed by atoms with Gasteiger partial charge in [0.2, 0.25) is 0 Å². The van der Waals surface area contributed by atoms with Gasteiger partial charge in [0.15, 0.2) is 0 Å². The summed E-state index contributed by atoms with van der Waals surface area (Å²) in [7, 11) is 0. The monoisotopic (exact) mass is 435 g/mol. The second kappa shape index (κ2) is 9.03. The number of ether oxygens (including phenoxy) is 1. The molecule has 2 aromatic rings. The molecule has 0 bridgehead atoms. The molecule has 1 aliphatic heterocycles. The number of rotatable bonds is 6. The van der Waals surface area contributed by atoms with Gasteiger partial charge < -0.3 is 4.74 Å². The molecule has 1 fully saturated rings. The smallest absolute Gasteiger partial charge is 0.293 e. The van der Waals surface area contributed by atoms with Crippen molar-refractivity contribution in [2.24, 2.45) is 0 Å². The number of thioether (sulfide) groups is 1. The van der Waals surface area contributed by atoms with Crippen molar-refractivity contribution < 1.29 is 14.3 Å². The number of hydrogen-bond donors (Lipinski definition) is 0. The van der Waals surface area contributed by atoms with Gasteiger partial charge in [-0.3, -0.25) is 14.5 Å². The molecule has 1 saturated heterocycles. The van der Waals surface area contributed by atoms with E-state index in [1.54, 1.807) is 24.3 Å². The minimum atomic E-state index is -0.371. The topological polar surface area (TPSA) is 46.6 Å². The van der Waals surface area contributed by atoms with Crippen LogP contribution in [-0.4, -0.2) is 22.2 Å². The highest BCUT2D eigenvalue weighted by Gasteiger charge is 2.36. The molecular formula is C21H19Cl2NO3S. The largest absolute Gasteiger partial charge is 0.490 e. The molecule has 2 aromatic carbocycles. The number of para-hydroxylation sites is 1. The molecule has 1 heterocycles. The van der Waals surface area contributed by atoms with Crippen LogP contribution in [0.3, 0.4) is 0 Å². The molecule has 0 radical (unpaired) electrons. The molecule has 0 N–H and O–H groups in total. The van der Waals surface area contributed by atoms with Crippen LogP contribution in [0.4, 0.5) is 4.79 Å². The Morgan fingerprint density at radius 1 is 1.11 bits per heavy atom. The first-order valence-electron chi connectivity index (χ1n) is 8.84. The van der Waals surface area contributed by atoms with E-state index in [2.05, 4.69) is 0 Å². The molecule has 0 aliphatic carbocycles. The predicted octanol–water partition coefficient (Wildman–Crippen LogP) is 6.41. The first kappa shape index (κ1) is 20.8. The lowest BCUT2D eigenvalue weighted by Crippen LogP contribution is -2.27. The lowest BCUT2D eigenvalue weighted by Gasteiger charge is -2.15.